The van der Waals surface area contributed by atoms with E-state index in [1.807, 2.05) is 24.3 Å². The topological polar surface area (TPSA) is 35.2 Å². The molecule has 17 heavy (non-hydrogen) atoms. The fourth-order valence-electron chi connectivity index (χ4n) is 1.47. The number of rotatable bonds is 6. The molecule has 2 nitrogen and oxygen atoms in total. The first-order chi connectivity index (χ1) is 8.36. The quantitative estimate of drug-likeness (QED) is 0.603. The predicted octanol–water partition coefficient (Wildman–Crippen LogP) is 2.96. The first-order valence-corrected chi connectivity index (χ1v) is 6.28. The normalized spacial score (nSPS) is 9.53. The number of hydrogen-bond donors (Lipinski definition) is 1. The monoisotopic (exact) mass is 231 g/mol. The predicted molar refractivity (Wildman–Crippen MR) is 72.0 cm³/mol. The highest BCUT2D eigenvalue weighted by molar-refractivity contribution is 5.39. The molecule has 0 fully saturated rings. The van der Waals surface area contributed by atoms with Crippen LogP contribution < -0.4 is 10.5 Å². The third-order valence-electron chi connectivity index (χ3n) is 2.36. The van der Waals surface area contributed by atoms with E-state index in [2.05, 4.69) is 18.8 Å². The van der Waals surface area contributed by atoms with Crippen molar-refractivity contribution in [1.29, 1.82) is 0 Å². The number of benzene rings is 1. The Kier molecular flexibility index (Phi) is 6.93. The molecule has 0 aromatic heterocycles. The maximum Gasteiger partial charge on any atom is 0.120 e. The van der Waals surface area contributed by atoms with Gasteiger partial charge in [0.15, 0.2) is 0 Å². The molecule has 0 aliphatic rings. The van der Waals surface area contributed by atoms with E-state index in [0.29, 0.717) is 13.2 Å². The zero-order valence-electron chi connectivity index (χ0n) is 10.5. The van der Waals surface area contributed by atoms with E-state index >= 15 is 0 Å². The molecule has 0 saturated carbocycles. The van der Waals surface area contributed by atoms with Crippen molar-refractivity contribution < 1.29 is 4.74 Å². The van der Waals surface area contributed by atoms with E-state index in [-0.39, 0.29) is 0 Å². The summed E-state index contributed by atoms with van der Waals surface area (Å²) < 4.78 is 5.45. The van der Waals surface area contributed by atoms with Gasteiger partial charge < -0.3 is 10.5 Å². The van der Waals surface area contributed by atoms with Crippen molar-refractivity contribution in [3.8, 4) is 17.6 Å². The summed E-state index contributed by atoms with van der Waals surface area (Å²) in [6.45, 7) is 3.28. The highest BCUT2D eigenvalue weighted by atomic mass is 16.5. The molecule has 0 amide bonds. The van der Waals surface area contributed by atoms with Crippen molar-refractivity contribution in [2.75, 3.05) is 13.2 Å². The Morgan fingerprint density at radius 1 is 1.29 bits per heavy atom. The number of hydrogen-bond acceptors (Lipinski definition) is 2. The molecule has 92 valence electrons. The minimum absolute atomic E-state index is 0.535. The largest absolute Gasteiger partial charge is 0.492 e. The summed E-state index contributed by atoms with van der Waals surface area (Å²) in [5, 5.41) is 0. The molecular weight excluding hydrogens is 210 g/mol. The van der Waals surface area contributed by atoms with Crippen LogP contribution in [0.15, 0.2) is 24.3 Å². The van der Waals surface area contributed by atoms with Crippen molar-refractivity contribution in [3.05, 3.63) is 29.8 Å². The molecule has 0 bridgehead atoms. The average molecular weight is 231 g/mol. The average Bonchev–Trinajstić information content (AvgIpc) is 2.37. The lowest BCUT2D eigenvalue weighted by molar-refractivity contribution is 0.328. The van der Waals surface area contributed by atoms with Crippen LogP contribution in [0.4, 0.5) is 0 Å². The summed E-state index contributed by atoms with van der Waals surface area (Å²) in [5.74, 6) is 7.19. The molecule has 0 aliphatic carbocycles. The fourth-order valence-corrected chi connectivity index (χ4v) is 1.47. The van der Waals surface area contributed by atoms with E-state index in [1.165, 1.54) is 19.3 Å². The molecule has 1 rings (SSSR count). The van der Waals surface area contributed by atoms with Gasteiger partial charge >= 0.3 is 0 Å². The lowest BCUT2D eigenvalue weighted by Crippen LogP contribution is -2.10. The van der Waals surface area contributed by atoms with Crippen LogP contribution in [0.2, 0.25) is 0 Å². The summed E-state index contributed by atoms with van der Waals surface area (Å²) in [6, 6.07) is 7.85. The zero-order chi connectivity index (χ0) is 12.3. The van der Waals surface area contributed by atoms with Crippen molar-refractivity contribution in [2.45, 2.75) is 32.6 Å². The van der Waals surface area contributed by atoms with E-state index in [9.17, 15) is 0 Å². The van der Waals surface area contributed by atoms with E-state index < -0.39 is 0 Å². The number of ether oxygens (including phenoxy) is 1. The molecule has 1 aromatic carbocycles. The Morgan fingerprint density at radius 3 is 2.94 bits per heavy atom. The molecule has 0 aliphatic heterocycles. The van der Waals surface area contributed by atoms with Gasteiger partial charge in [0.2, 0.25) is 0 Å². The minimum atomic E-state index is 0.535. The van der Waals surface area contributed by atoms with Crippen LogP contribution >= 0.6 is 0 Å². The van der Waals surface area contributed by atoms with Crippen molar-refractivity contribution in [1.82, 2.24) is 0 Å². The molecule has 0 radical (unpaired) electrons. The minimum Gasteiger partial charge on any atom is -0.492 e. The van der Waals surface area contributed by atoms with Gasteiger partial charge in [0.1, 0.15) is 12.4 Å². The first-order valence-electron chi connectivity index (χ1n) is 6.28. The lowest BCUT2D eigenvalue weighted by atomic mass is 10.2. The van der Waals surface area contributed by atoms with E-state index in [0.717, 1.165) is 17.7 Å². The number of nitrogens with two attached hydrogens (primary N) is 1. The Balaban J connectivity index is 2.47. The fraction of sp³-hybridized carbons (Fsp3) is 0.467. The van der Waals surface area contributed by atoms with Gasteiger partial charge in [-0.25, -0.2) is 0 Å². The molecule has 2 heteroatoms. The highest BCUT2D eigenvalue weighted by Gasteiger charge is 1.93. The molecule has 0 saturated heterocycles. The summed E-state index contributed by atoms with van der Waals surface area (Å²) in [5.41, 5.74) is 6.40. The molecule has 2 N–H and O–H groups in total. The van der Waals surface area contributed by atoms with E-state index in [4.69, 9.17) is 10.5 Å². The van der Waals surface area contributed by atoms with Gasteiger partial charge in [0, 0.05) is 18.5 Å². The molecular formula is C15H21NO. The van der Waals surface area contributed by atoms with Crippen molar-refractivity contribution >= 4 is 0 Å². The Bertz CT molecular complexity index is 376. The number of unbranched alkanes of at least 4 members (excludes halogenated alkanes) is 3. The second-order valence-corrected chi connectivity index (χ2v) is 3.92. The van der Waals surface area contributed by atoms with Crippen LogP contribution in [0.1, 0.15) is 38.2 Å². The Hall–Kier alpha value is -1.46. The van der Waals surface area contributed by atoms with Gasteiger partial charge in [-0.3, -0.25) is 0 Å². The third-order valence-corrected chi connectivity index (χ3v) is 2.36. The smallest absolute Gasteiger partial charge is 0.120 e. The standard InChI is InChI=1S/C15H21NO/c1-2-3-4-5-6-8-14-9-7-10-15(13-14)17-12-11-16/h7,9-10,13H,2-5,11-12,16H2,1H3. The van der Waals surface area contributed by atoms with Crippen LogP contribution in [0.25, 0.3) is 0 Å². The van der Waals surface area contributed by atoms with Gasteiger partial charge in [-0.05, 0) is 24.6 Å². The second-order valence-electron chi connectivity index (χ2n) is 3.92. The molecule has 0 spiro atoms. The first kappa shape index (κ1) is 13.6. The van der Waals surface area contributed by atoms with Gasteiger partial charge in [-0.2, -0.15) is 0 Å². The van der Waals surface area contributed by atoms with Crippen LogP contribution in [0, 0.1) is 11.8 Å². The summed E-state index contributed by atoms with van der Waals surface area (Å²) in [6.07, 6.45) is 4.66. The van der Waals surface area contributed by atoms with E-state index in [1.54, 1.807) is 0 Å². The third kappa shape index (κ3) is 5.99. The van der Waals surface area contributed by atoms with Crippen LogP contribution in [-0.2, 0) is 0 Å². The molecule has 1 aromatic rings. The summed E-state index contributed by atoms with van der Waals surface area (Å²) in [4.78, 5) is 0. The summed E-state index contributed by atoms with van der Waals surface area (Å²) >= 11 is 0. The summed E-state index contributed by atoms with van der Waals surface area (Å²) in [7, 11) is 0. The lowest BCUT2D eigenvalue weighted by Gasteiger charge is -2.03. The van der Waals surface area contributed by atoms with Crippen LogP contribution in [0.5, 0.6) is 5.75 Å². The van der Waals surface area contributed by atoms with Crippen molar-refractivity contribution in [3.63, 3.8) is 0 Å². The van der Waals surface area contributed by atoms with Crippen LogP contribution in [0.3, 0.4) is 0 Å². The molecule has 0 atom stereocenters. The highest BCUT2D eigenvalue weighted by Crippen LogP contribution is 2.12. The zero-order valence-corrected chi connectivity index (χ0v) is 10.5. The van der Waals surface area contributed by atoms with Gasteiger partial charge in [0.05, 0.1) is 0 Å². The maximum absolute atomic E-state index is 5.45. The maximum atomic E-state index is 5.45. The molecule has 0 heterocycles. The Morgan fingerprint density at radius 2 is 2.18 bits per heavy atom. The van der Waals surface area contributed by atoms with Gasteiger partial charge in [-0.15, -0.1) is 0 Å². The van der Waals surface area contributed by atoms with Gasteiger partial charge in [0.25, 0.3) is 0 Å². The van der Waals surface area contributed by atoms with Crippen LogP contribution in [-0.4, -0.2) is 13.2 Å². The molecule has 0 unspecified atom stereocenters. The SMILES string of the molecule is CCCCCC#Cc1cccc(OCCN)c1. The van der Waals surface area contributed by atoms with Gasteiger partial charge in [-0.1, -0.05) is 37.7 Å². The second kappa shape index (κ2) is 8.66. The Labute approximate surface area is 104 Å². The van der Waals surface area contributed by atoms with Crippen molar-refractivity contribution in [2.24, 2.45) is 5.73 Å².